The zero-order valence-corrected chi connectivity index (χ0v) is 25.9. The van der Waals surface area contributed by atoms with Crippen LogP contribution in [0.5, 0.6) is 0 Å². The Morgan fingerprint density at radius 2 is 1.67 bits per heavy atom. The first-order valence-electron chi connectivity index (χ1n) is 15.7. The van der Waals surface area contributed by atoms with Gasteiger partial charge in [-0.2, -0.15) is 0 Å². The van der Waals surface area contributed by atoms with Gasteiger partial charge >= 0.3 is 0 Å². The second-order valence-corrected chi connectivity index (χ2v) is 12.5. The van der Waals surface area contributed by atoms with Gasteiger partial charge in [0.2, 0.25) is 6.41 Å². The maximum Gasteiger partial charge on any atom is 0.253 e. The van der Waals surface area contributed by atoms with E-state index < -0.39 is 0 Å². The summed E-state index contributed by atoms with van der Waals surface area (Å²) in [5.41, 5.74) is 10.00. The predicted molar refractivity (Wildman–Crippen MR) is 172 cm³/mol. The molecule has 3 aromatic rings. The van der Waals surface area contributed by atoms with Crippen molar-refractivity contribution in [3.8, 4) is 11.1 Å². The van der Waals surface area contributed by atoms with Crippen LogP contribution in [0.4, 0.5) is 17.1 Å². The Labute approximate surface area is 254 Å². The number of nitrogens with one attached hydrogen (secondary N) is 2. The van der Waals surface area contributed by atoms with Gasteiger partial charge in [0, 0.05) is 79.3 Å². The number of aromatic amines is 1. The van der Waals surface area contributed by atoms with Gasteiger partial charge in [0.1, 0.15) is 0 Å². The molecule has 1 aromatic heterocycles. The van der Waals surface area contributed by atoms with Crippen molar-refractivity contribution in [2.45, 2.75) is 71.4 Å². The van der Waals surface area contributed by atoms with Crippen LogP contribution in [0.15, 0.2) is 41.2 Å². The highest BCUT2D eigenvalue weighted by molar-refractivity contribution is 5.86. The fraction of sp³-hybridized carbons (Fsp3) is 0.486. The highest BCUT2D eigenvalue weighted by Gasteiger charge is 2.40. The van der Waals surface area contributed by atoms with Crippen molar-refractivity contribution in [1.82, 2.24) is 4.98 Å². The van der Waals surface area contributed by atoms with Crippen LogP contribution in [0.3, 0.4) is 0 Å². The number of H-pyrrole nitrogens is 1. The number of anilines is 3. The number of benzene rings is 2. The average Bonchev–Trinajstić information content (AvgIpc) is 3.35. The number of nitrogens with zero attached hydrogens (tertiary/aromatic N) is 2. The number of aromatic nitrogens is 1. The molecule has 2 fully saturated rings. The summed E-state index contributed by atoms with van der Waals surface area (Å²) in [4.78, 5) is 32.8. The molecule has 8 heteroatoms. The molecule has 0 aliphatic carbocycles. The minimum absolute atomic E-state index is 0.144. The molecular formula is C35H44N4O4. The quantitative estimate of drug-likeness (QED) is 0.335. The van der Waals surface area contributed by atoms with Gasteiger partial charge in [-0.05, 0) is 105 Å². The van der Waals surface area contributed by atoms with Crippen molar-refractivity contribution in [3.63, 3.8) is 0 Å². The summed E-state index contributed by atoms with van der Waals surface area (Å²) in [5.74, 6) is 0. The van der Waals surface area contributed by atoms with Crippen LogP contribution in [0, 0.1) is 20.8 Å². The molecular weight excluding hydrogens is 540 g/mol. The van der Waals surface area contributed by atoms with Gasteiger partial charge < -0.3 is 29.6 Å². The Bertz CT molecular complexity index is 1550. The first kappa shape index (κ1) is 29.5. The molecule has 43 heavy (non-hydrogen) atoms. The number of pyridine rings is 1. The summed E-state index contributed by atoms with van der Waals surface area (Å²) in [6, 6.07) is 13.5. The largest absolute Gasteiger partial charge is 0.384 e. The molecule has 3 aliphatic rings. The summed E-state index contributed by atoms with van der Waals surface area (Å²) >= 11 is 0. The van der Waals surface area contributed by atoms with E-state index in [4.69, 9.17) is 9.47 Å². The van der Waals surface area contributed by atoms with E-state index in [2.05, 4.69) is 59.4 Å². The lowest BCUT2D eigenvalue weighted by atomic mass is 9.75. The molecule has 2 aromatic carbocycles. The first-order chi connectivity index (χ1) is 20.8. The van der Waals surface area contributed by atoms with Crippen molar-refractivity contribution >= 4 is 23.5 Å². The van der Waals surface area contributed by atoms with Gasteiger partial charge in [-0.15, -0.1) is 0 Å². The van der Waals surface area contributed by atoms with E-state index in [1.807, 2.05) is 19.9 Å². The van der Waals surface area contributed by atoms with Crippen LogP contribution in [0.2, 0.25) is 0 Å². The minimum Gasteiger partial charge on any atom is -0.384 e. The number of fused-ring (bicyclic) bond motifs is 2. The lowest BCUT2D eigenvalue weighted by Crippen LogP contribution is -2.40. The van der Waals surface area contributed by atoms with E-state index in [1.165, 1.54) is 11.3 Å². The van der Waals surface area contributed by atoms with E-state index in [0.717, 1.165) is 111 Å². The molecule has 0 atom stereocenters. The summed E-state index contributed by atoms with van der Waals surface area (Å²) in [6.07, 6.45) is 4.87. The molecule has 3 aliphatic heterocycles. The van der Waals surface area contributed by atoms with Crippen molar-refractivity contribution in [1.29, 1.82) is 0 Å². The summed E-state index contributed by atoms with van der Waals surface area (Å²) < 4.78 is 11.4. The van der Waals surface area contributed by atoms with Crippen LogP contribution >= 0.6 is 0 Å². The van der Waals surface area contributed by atoms with Crippen molar-refractivity contribution in [3.05, 3.63) is 74.7 Å². The number of aryl methyl sites for hydroxylation is 2. The van der Waals surface area contributed by atoms with Crippen LogP contribution in [-0.2, 0) is 26.2 Å². The molecule has 1 spiro atoms. The van der Waals surface area contributed by atoms with Gasteiger partial charge in [-0.1, -0.05) is 12.1 Å². The Balaban J connectivity index is 1.45. The summed E-state index contributed by atoms with van der Waals surface area (Å²) in [5, 5.41) is 3.70. The molecule has 1 amide bonds. The minimum atomic E-state index is -0.150. The maximum atomic E-state index is 12.9. The van der Waals surface area contributed by atoms with E-state index in [-0.39, 0.29) is 17.5 Å². The van der Waals surface area contributed by atoms with Crippen LogP contribution in [0.25, 0.3) is 11.1 Å². The van der Waals surface area contributed by atoms with Crippen molar-refractivity contribution in [2.75, 3.05) is 54.6 Å². The third kappa shape index (κ3) is 5.58. The van der Waals surface area contributed by atoms with Gasteiger partial charge in [-0.25, -0.2) is 0 Å². The maximum absolute atomic E-state index is 12.9. The number of hydrogen-bond acceptors (Lipinski definition) is 6. The molecule has 0 unspecified atom stereocenters. The number of amides is 1. The number of hydrogen-bond donors (Lipinski definition) is 2. The highest BCUT2D eigenvalue weighted by atomic mass is 16.5. The topological polar surface area (TPSA) is 86.9 Å². The Kier molecular flexibility index (Phi) is 8.34. The van der Waals surface area contributed by atoms with Crippen LogP contribution in [0.1, 0.15) is 60.6 Å². The normalized spacial score (nSPS) is 17.9. The van der Waals surface area contributed by atoms with Crippen molar-refractivity contribution in [2.24, 2.45) is 0 Å². The molecule has 6 rings (SSSR count). The highest BCUT2D eigenvalue weighted by Crippen LogP contribution is 2.46. The SMILES string of the molecule is CCN(c1cc(-c2ccc3c(c2)NCC32CCOCC2)cc(N(C=O)Cc2c(C)cc(C)[nH]c2=O)c1C)C1CCOCC1. The fourth-order valence-corrected chi connectivity index (χ4v) is 7.40. The fourth-order valence-electron chi connectivity index (χ4n) is 7.40. The van der Waals surface area contributed by atoms with E-state index in [1.54, 1.807) is 4.90 Å². The number of carbonyl (C=O) groups excluding carboxylic acids is 1. The summed E-state index contributed by atoms with van der Waals surface area (Å²) in [7, 11) is 0. The average molecular weight is 585 g/mol. The van der Waals surface area contributed by atoms with Gasteiger partial charge in [0.15, 0.2) is 0 Å². The molecule has 0 radical (unpaired) electrons. The van der Waals surface area contributed by atoms with E-state index in [0.29, 0.717) is 11.6 Å². The van der Waals surface area contributed by atoms with Gasteiger partial charge in [-0.3, -0.25) is 9.59 Å². The van der Waals surface area contributed by atoms with Crippen molar-refractivity contribution < 1.29 is 14.3 Å². The van der Waals surface area contributed by atoms with Crippen LogP contribution in [-0.4, -0.2) is 57.0 Å². The second kappa shape index (κ2) is 12.2. The third-order valence-electron chi connectivity index (χ3n) is 9.88. The van der Waals surface area contributed by atoms with E-state index >= 15 is 0 Å². The van der Waals surface area contributed by atoms with Gasteiger partial charge in [0.05, 0.1) is 6.54 Å². The smallest absolute Gasteiger partial charge is 0.253 e. The lowest BCUT2D eigenvalue weighted by Gasteiger charge is -2.37. The molecule has 2 saturated heterocycles. The van der Waals surface area contributed by atoms with Gasteiger partial charge in [0.25, 0.3) is 5.56 Å². The molecule has 228 valence electrons. The number of carbonyl (C=O) groups is 1. The number of ether oxygens (including phenoxy) is 2. The summed E-state index contributed by atoms with van der Waals surface area (Å²) in [6.45, 7) is 13.2. The predicted octanol–water partition coefficient (Wildman–Crippen LogP) is 5.61. The third-order valence-corrected chi connectivity index (χ3v) is 9.88. The Morgan fingerprint density at radius 1 is 0.953 bits per heavy atom. The molecule has 4 heterocycles. The lowest BCUT2D eigenvalue weighted by molar-refractivity contribution is -0.107. The molecule has 0 saturated carbocycles. The van der Waals surface area contributed by atoms with Crippen LogP contribution < -0.4 is 20.7 Å². The first-order valence-corrected chi connectivity index (χ1v) is 15.7. The zero-order valence-electron chi connectivity index (χ0n) is 25.9. The molecule has 8 nitrogen and oxygen atoms in total. The Morgan fingerprint density at radius 3 is 2.37 bits per heavy atom. The molecule has 0 bridgehead atoms. The Hall–Kier alpha value is -3.62. The zero-order chi connectivity index (χ0) is 30.1. The standard InChI is InChI=1S/C35H44N4O4/c1-5-39(28-8-12-42-13-9-28)33-19-27(26-6-7-30-31(17-26)36-21-35(30)10-14-43-15-11-35)18-32(25(33)4)38(22-40)20-29-23(2)16-24(3)37-34(29)41/h6-7,16-19,22,28,36H,5,8-15,20-21H2,1-4H3,(H,37,41). The molecule has 2 N–H and O–H groups in total. The second-order valence-electron chi connectivity index (χ2n) is 12.5. The number of rotatable bonds is 8. The monoisotopic (exact) mass is 584 g/mol. The van der Waals surface area contributed by atoms with E-state index in [9.17, 15) is 9.59 Å².